The summed E-state index contributed by atoms with van der Waals surface area (Å²) in [5, 5.41) is 2.59. The number of thiol groups is 1. The molecule has 3 rings (SSSR count). The number of halogens is 2. The fraction of sp³-hybridized carbons (Fsp3) is 0.200. The molecule has 1 fully saturated rings. The number of amides is 2. The van der Waals surface area contributed by atoms with E-state index in [2.05, 4.69) is 37.7 Å². The van der Waals surface area contributed by atoms with Gasteiger partial charge in [0.05, 0.1) is 5.69 Å². The predicted molar refractivity (Wildman–Crippen MR) is 121 cm³/mol. The van der Waals surface area contributed by atoms with E-state index in [1.165, 1.54) is 11.3 Å². The van der Waals surface area contributed by atoms with Crippen molar-refractivity contribution < 1.29 is 13.6 Å². The van der Waals surface area contributed by atoms with Crippen molar-refractivity contribution in [3.8, 4) is 0 Å². The van der Waals surface area contributed by atoms with Gasteiger partial charge in [0.25, 0.3) is 0 Å². The molecule has 150 valence electrons. The van der Waals surface area contributed by atoms with Crippen LogP contribution >= 0.6 is 23.8 Å². The second kappa shape index (κ2) is 10.4. The number of benzene rings is 1. The van der Waals surface area contributed by atoms with E-state index < -0.39 is 11.7 Å². The number of nitrogens with zero attached hydrogens (tertiary/aromatic N) is 3. The average molecular weight is 431 g/mol. The largest absolute Gasteiger partial charge is 0.330 e. The van der Waals surface area contributed by atoms with Crippen LogP contribution in [0, 0.1) is 6.92 Å². The van der Waals surface area contributed by atoms with Crippen LogP contribution in [-0.2, 0) is 0 Å². The van der Waals surface area contributed by atoms with Crippen LogP contribution in [0.1, 0.15) is 17.7 Å². The Bertz CT molecular complexity index is 928. The zero-order valence-electron chi connectivity index (χ0n) is 15.9. The van der Waals surface area contributed by atoms with E-state index in [4.69, 9.17) is 0 Å². The van der Waals surface area contributed by atoms with Crippen molar-refractivity contribution in [3.63, 3.8) is 0 Å². The van der Waals surface area contributed by atoms with Gasteiger partial charge in [-0.2, -0.15) is 0 Å². The summed E-state index contributed by atoms with van der Waals surface area (Å²) < 4.78 is 26.7. The fourth-order valence-electron chi connectivity index (χ4n) is 2.90. The molecule has 2 radical (unpaired) electrons. The number of hydrogen-bond acceptors (Lipinski definition) is 4. The third-order valence-electron chi connectivity index (χ3n) is 4.15. The number of aromatic nitrogens is 1. The highest BCUT2D eigenvalue weighted by atomic mass is 32.1. The highest BCUT2D eigenvalue weighted by molar-refractivity contribution is 8.03. The molecule has 1 aromatic heterocycles. The van der Waals surface area contributed by atoms with Crippen molar-refractivity contribution in [1.29, 1.82) is 0 Å². The van der Waals surface area contributed by atoms with Crippen molar-refractivity contribution in [2.75, 3.05) is 22.9 Å². The maximum atomic E-state index is 13.6. The number of allylic oxidation sites excluding steroid dienone is 4. The summed E-state index contributed by atoms with van der Waals surface area (Å²) in [5.41, 5.74) is 2.05. The van der Waals surface area contributed by atoms with E-state index in [0.29, 0.717) is 29.5 Å². The van der Waals surface area contributed by atoms with Gasteiger partial charge in [0.15, 0.2) is 12.3 Å². The maximum Gasteiger partial charge on any atom is 0.330 e. The summed E-state index contributed by atoms with van der Waals surface area (Å²) in [7, 11) is 4.19. The lowest BCUT2D eigenvalue weighted by Crippen LogP contribution is -2.49. The van der Waals surface area contributed by atoms with Gasteiger partial charge in [0.2, 0.25) is 0 Å². The Labute approximate surface area is 180 Å². The van der Waals surface area contributed by atoms with E-state index >= 15 is 0 Å². The van der Waals surface area contributed by atoms with E-state index in [0.717, 1.165) is 18.2 Å². The van der Waals surface area contributed by atoms with Crippen molar-refractivity contribution in [1.82, 2.24) is 4.98 Å². The van der Waals surface area contributed by atoms with Crippen LogP contribution in [0.5, 0.6) is 0 Å². The van der Waals surface area contributed by atoms with Crippen LogP contribution in [0.3, 0.4) is 0 Å². The van der Waals surface area contributed by atoms with Gasteiger partial charge in [-0.1, -0.05) is 25.3 Å². The monoisotopic (exact) mass is 431 g/mol. The lowest BCUT2D eigenvalue weighted by molar-refractivity contribution is 0.248. The first-order chi connectivity index (χ1) is 13.9. The molecule has 0 aliphatic carbocycles. The molecule has 2 heterocycles. The number of hydrogen-bond donors (Lipinski definition) is 1. The first kappa shape index (κ1) is 22.9. The number of urea groups is 1. The second-order valence-electron chi connectivity index (χ2n) is 6.17. The summed E-state index contributed by atoms with van der Waals surface area (Å²) in [6.07, 6.45) is 1.80. The topological polar surface area (TPSA) is 36.4 Å². The van der Waals surface area contributed by atoms with Gasteiger partial charge in [-0.15, -0.1) is 11.3 Å². The van der Waals surface area contributed by atoms with Crippen LogP contribution in [0.2, 0.25) is 0 Å². The van der Waals surface area contributed by atoms with E-state index in [1.807, 2.05) is 12.3 Å². The molecule has 0 atom stereocenters. The minimum absolute atomic E-state index is 0.0268. The number of rotatable bonds is 5. The third kappa shape index (κ3) is 5.58. The Balaban J connectivity index is 0.00000145. The molecule has 0 bridgehead atoms. The molecule has 29 heavy (non-hydrogen) atoms. The van der Waals surface area contributed by atoms with Gasteiger partial charge in [-0.05, 0) is 37.1 Å². The molecule has 1 aliphatic heterocycles. The minimum Gasteiger partial charge on any atom is -0.294 e. The highest BCUT2D eigenvalue weighted by Gasteiger charge is 2.29. The number of anilines is 2. The van der Waals surface area contributed by atoms with E-state index in [-0.39, 0.29) is 11.6 Å². The van der Waals surface area contributed by atoms with Crippen LogP contribution < -0.4 is 9.80 Å². The lowest BCUT2D eigenvalue weighted by atomic mass is 10.0. The Morgan fingerprint density at radius 3 is 2.34 bits per heavy atom. The first-order valence-corrected chi connectivity index (χ1v) is 10.0. The molecular weight excluding hydrogens is 411 g/mol. The molecule has 2 amide bonds. The molecule has 2 aromatic rings. The van der Waals surface area contributed by atoms with Gasteiger partial charge in [-0.3, -0.25) is 9.80 Å². The van der Waals surface area contributed by atoms with Crippen molar-refractivity contribution in [2.45, 2.75) is 13.3 Å². The molecule has 1 saturated heterocycles. The first-order valence-electron chi connectivity index (χ1n) is 8.65. The molecule has 0 N–H and O–H groups in total. The zero-order valence-corrected chi connectivity index (χ0v) is 17.6. The van der Waals surface area contributed by atoms with Crippen LogP contribution in [0.4, 0.5) is 24.4 Å². The molecule has 4 nitrogen and oxygen atoms in total. The summed E-state index contributed by atoms with van der Waals surface area (Å²) in [6, 6.07) is 6.54. The predicted octanol–water partition coefficient (Wildman–Crippen LogP) is 5.64. The lowest BCUT2D eigenvalue weighted by Gasteiger charge is -2.34. The van der Waals surface area contributed by atoms with Gasteiger partial charge in [-0.25, -0.2) is 31.0 Å². The third-order valence-corrected chi connectivity index (χ3v) is 5.13. The Hall–Kier alpha value is -2.39. The summed E-state index contributed by atoms with van der Waals surface area (Å²) >= 11 is 4.46. The van der Waals surface area contributed by atoms with Crippen molar-refractivity contribution >= 4 is 53.4 Å². The average Bonchev–Trinajstić information content (AvgIpc) is 3.14. The quantitative estimate of drug-likeness (QED) is 0.378. The highest BCUT2D eigenvalue weighted by Crippen LogP contribution is 2.30. The van der Waals surface area contributed by atoms with Crippen molar-refractivity contribution in [2.24, 2.45) is 0 Å². The summed E-state index contributed by atoms with van der Waals surface area (Å²) in [5.74, 6) is -1.51. The number of carbonyl (C=O) groups is 1. The SMILES string of the molecule is C=C(F)/C=C(\C(=C)F)c1ccc(N2CCCN(c3nc(C)cs3)C2=O)cc1.[B]S. The zero-order chi connectivity index (χ0) is 21.6. The number of carbonyl (C=O) groups excluding carboxylic acids is 1. The molecule has 1 aliphatic rings. The normalized spacial score (nSPS) is 14.3. The number of aryl methyl sites for hydroxylation is 1. The molecule has 9 heteroatoms. The Kier molecular flexibility index (Phi) is 8.22. The standard InChI is InChI=1S/C20H19F2N3OS.BHS/c1-13(21)11-18(15(3)22)16-5-7-17(8-6-16)24-9-4-10-25(20(24)26)19-23-14(2)12-27-19;1-2/h5-8,11-12H,1,3-4,9-10H2,2H3;2H/b18-11+;. The summed E-state index contributed by atoms with van der Waals surface area (Å²) in [4.78, 5) is 20.6. The fourth-order valence-corrected chi connectivity index (χ4v) is 3.72. The maximum absolute atomic E-state index is 13.6. The molecule has 0 spiro atoms. The van der Waals surface area contributed by atoms with Gasteiger partial charge >= 0.3 is 6.03 Å². The summed E-state index contributed by atoms with van der Waals surface area (Å²) in [6.45, 7) is 9.45. The smallest absolute Gasteiger partial charge is 0.294 e. The second-order valence-corrected chi connectivity index (χ2v) is 7.00. The van der Waals surface area contributed by atoms with E-state index in [1.54, 1.807) is 34.1 Å². The van der Waals surface area contributed by atoms with Gasteiger partial charge in [0.1, 0.15) is 11.7 Å². The van der Waals surface area contributed by atoms with Crippen LogP contribution in [0.15, 0.2) is 60.5 Å². The molecule has 1 aromatic carbocycles. The number of thiazole rings is 1. The van der Waals surface area contributed by atoms with E-state index in [9.17, 15) is 13.6 Å². The van der Waals surface area contributed by atoms with Crippen molar-refractivity contribution in [3.05, 3.63) is 71.8 Å². The molecule has 0 saturated carbocycles. The van der Waals surface area contributed by atoms with Crippen LogP contribution in [0.25, 0.3) is 5.57 Å². The van der Waals surface area contributed by atoms with Crippen LogP contribution in [-0.4, -0.2) is 31.2 Å². The molecular formula is C20H20BF2N3OS2. The Morgan fingerprint density at radius 2 is 1.83 bits per heavy atom. The van der Waals surface area contributed by atoms with Gasteiger partial charge < -0.3 is 0 Å². The minimum atomic E-state index is -0.756. The molecule has 0 unspecified atom stereocenters. The Morgan fingerprint density at radius 1 is 1.21 bits per heavy atom. The van der Waals surface area contributed by atoms with Gasteiger partial charge in [0, 0.05) is 29.7 Å².